The van der Waals surface area contributed by atoms with Crippen molar-refractivity contribution in [1.82, 2.24) is 9.78 Å². The third-order valence-corrected chi connectivity index (χ3v) is 4.20. The van der Waals surface area contributed by atoms with Crippen molar-refractivity contribution in [1.29, 1.82) is 0 Å². The smallest absolute Gasteiger partial charge is 0.410 e. The van der Waals surface area contributed by atoms with Gasteiger partial charge < -0.3 is 10.4 Å². The lowest BCUT2D eigenvalue weighted by Crippen LogP contribution is -2.35. The zero-order valence-corrected chi connectivity index (χ0v) is 12.8. The highest BCUT2D eigenvalue weighted by atomic mass is 19.4. The van der Waals surface area contributed by atoms with E-state index in [0.29, 0.717) is 0 Å². The molecule has 2 heterocycles. The lowest BCUT2D eigenvalue weighted by atomic mass is 9.96. The molecule has 0 saturated heterocycles. The fourth-order valence-electron chi connectivity index (χ4n) is 2.88. The maximum atomic E-state index is 13.4. The van der Waals surface area contributed by atoms with Crippen molar-refractivity contribution in [3.63, 3.8) is 0 Å². The Balaban J connectivity index is 1.98. The molecule has 5 nitrogen and oxygen atoms in total. The van der Waals surface area contributed by atoms with Crippen LogP contribution in [-0.4, -0.2) is 27.0 Å². The first kappa shape index (κ1) is 16.4. The van der Waals surface area contributed by atoms with Crippen LogP contribution in [0.2, 0.25) is 0 Å². The molecule has 0 saturated carbocycles. The zero-order chi connectivity index (χ0) is 17.5. The van der Waals surface area contributed by atoms with Crippen LogP contribution in [0.4, 0.5) is 19.0 Å². The molecule has 1 aliphatic heterocycles. The maximum absolute atomic E-state index is 13.4. The van der Waals surface area contributed by atoms with Gasteiger partial charge in [0.05, 0.1) is 6.04 Å². The van der Waals surface area contributed by atoms with Crippen molar-refractivity contribution < 1.29 is 23.1 Å². The van der Waals surface area contributed by atoms with Crippen molar-refractivity contribution in [2.45, 2.75) is 38.0 Å². The second kappa shape index (κ2) is 5.85. The van der Waals surface area contributed by atoms with Gasteiger partial charge in [0.25, 0.3) is 0 Å². The van der Waals surface area contributed by atoms with Gasteiger partial charge in [0, 0.05) is 12.5 Å². The Morgan fingerprint density at radius 1 is 1.38 bits per heavy atom. The molecule has 0 fully saturated rings. The van der Waals surface area contributed by atoms with E-state index >= 15 is 0 Å². The molecule has 1 aromatic heterocycles. The Morgan fingerprint density at radius 2 is 2.04 bits per heavy atom. The summed E-state index contributed by atoms with van der Waals surface area (Å²) < 4.78 is 40.9. The van der Waals surface area contributed by atoms with Crippen LogP contribution in [-0.2, 0) is 6.42 Å². The van der Waals surface area contributed by atoms with Gasteiger partial charge in [0.15, 0.2) is 11.7 Å². The van der Waals surface area contributed by atoms with E-state index < -0.39 is 29.9 Å². The first-order valence-electron chi connectivity index (χ1n) is 7.54. The van der Waals surface area contributed by atoms with E-state index in [2.05, 4.69) is 10.4 Å². The van der Waals surface area contributed by atoms with E-state index in [-0.39, 0.29) is 12.2 Å². The van der Waals surface area contributed by atoms with Gasteiger partial charge >= 0.3 is 12.1 Å². The Hall–Kier alpha value is -2.51. The van der Waals surface area contributed by atoms with Gasteiger partial charge in [-0.1, -0.05) is 31.2 Å². The van der Waals surface area contributed by atoms with E-state index in [1.165, 1.54) is 0 Å². The Bertz CT molecular complexity index is 753. The normalized spacial score (nSPS) is 20.3. The van der Waals surface area contributed by atoms with Crippen LogP contribution in [0.3, 0.4) is 0 Å². The Kier molecular flexibility index (Phi) is 3.98. The summed E-state index contributed by atoms with van der Waals surface area (Å²) in [6, 6.07) is 6.07. The van der Waals surface area contributed by atoms with Gasteiger partial charge in [-0.25, -0.2) is 9.48 Å². The van der Waals surface area contributed by atoms with Gasteiger partial charge in [0.1, 0.15) is 5.82 Å². The molecule has 1 aromatic carbocycles. The van der Waals surface area contributed by atoms with Gasteiger partial charge in [-0.2, -0.15) is 18.3 Å². The number of carbonyl (C=O) groups is 1. The number of rotatable bonds is 3. The lowest BCUT2D eigenvalue weighted by molar-refractivity contribution is -0.173. The van der Waals surface area contributed by atoms with Gasteiger partial charge in [-0.3, -0.25) is 0 Å². The summed E-state index contributed by atoms with van der Waals surface area (Å²) >= 11 is 0. The van der Waals surface area contributed by atoms with Crippen LogP contribution in [0, 0.1) is 0 Å². The highest BCUT2D eigenvalue weighted by molar-refractivity contribution is 5.86. The monoisotopic (exact) mass is 339 g/mol. The quantitative estimate of drug-likeness (QED) is 0.892. The van der Waals surface area contributed by atoms with Crippen LogP contribution >= 0.6 is 0 Å². The number of benzene rings is 1. The summed E-state index contributed by atoms with van der Waals surface area (Å²) in [4.78, 5) is 11.0. The number of nitrogens with zero attached hydrogens (tertiary/aromatic N) is 2. The Morgan fingerprint density at radius 3 is 2.58 bits per heavy atom. The average molecular weight is 339 g/mol. The van der Waals surface area contributed by atoms with Crippen LogP contribution in [0.5, 0.6) is 0 Å². The number of carboxylic acid groups (broad SMARTS) is 1. The number of halogens is 3. The second-order valence-corrected chi connectivity index (χ2v) is 5.75. The third-order valence-electron chi connectivity index (χ3n) is 4.20. The second-order valence-electron chi connectivity index (χ2n) is 5.75. The van der Waals surface area contributed by atoms with Gasteiger partial charge in [-0.15, -0.1) is 0 Å². The third kappa shape index (κ3) is 2.95. The summed E-state index contributed by atoms with van der Waals surface area (Å²) in [7, 11) is 0. The fourth-order valence-corrected chi connectivity index (χ4v) is 2.88. The predicted octanol–water partition coefficient (Wildman–Crippen LogP) is 3.80. The van der Waals surface area contributed by atoms with Crippen molar-refractivity contribution in [2.24, 2.45) is 0 Å². The summed E-state index contributed by atoms with van der Waals surface area (Å²) in [6.07, 6.45) is -3.92. The number of carboxylic acids is 1. The van der Waals surface area contributed by atoms with E-state index in [9.17, 15) is 18.0 Å². The van der Waals surface area contributed by atoms with Crippen molar-refractivity contribution in [3.05, 3.63) is 47.2 Å². The predicted molar refractivity (Wildman–Crippen MR) is 81.1 cm³/mol. The highest BCUT2D eigenvalue weighted by Gasteiger charge is 2.46. The molecule has 0 bridgehead atoms. The molecule has 128 valence electrons. The first-order valence-corrected chi connectivity index (χ1v) is 7.54. The lowest BCUT2D eigenvalue weighted by Gasteiger charge is -2.33. The van der Waals surface area contributed by atoms with Crippen LogP contribution in [0.15, 0.2) is 30.3 Å². The first-order chi connectivity index (χ1) is 11.3. The molecule has 0 unspecified atom stereocenters. The molecule has 0 amide bonds. The summed E-state index contributed by atoms with van der Waals surface area (Å²) in [5.74, 6) is -1.30. The molecule has 1 aliphatic rings. The Labute approximate surface area is 136 Å². The average Bonchev–Trinajstić information content (AvgIpc) is 2.97. The van der Waals surface area contributed by atoms with E-state index in [1.807, 2.05) is 19.1 Å². The van der Waals surface area contributed by atoms with E-state index in [1.54, 1.807) is 12.1 Å². The van der Waals surface area contributed by atoms with Crippen LogP contribution < -0.4 is 5.32 Å². The molecule has 0 spiro atoms. The molecule has 3 rings (SSSR count). The minimum atomic E-state index is -4.51. The number of anilines is 1. The largest absolute Gasteiger partial charge is 0.476 e. The van der Waals surface area contributed by atoms with Crippen molar-refractivity contribution in [2.75, 3.05) is 5.32 Å². The minimum Gasteiger partial charge on any atom is -0.476 e. The summed E-state index contributed by atoms with van der Waals surface area (Å²) in [5.41, 5.74) is 1.42. The zero-order valence-electron chi connectivity index (χ0n) is 12.8. The molecule has 2 N–H and O–H groups in total. The minimum absolute atomic E-state index is 0.0607. The molecule has 8 heteroatoms. The SMILES string of the molecule is CCc1ccc([C@H]2C[C@H](C(F)(F)F)n3nc(C(=O)O)cc3N2)cc1. The fraction of sp³-hybridized carbons (Fsp3) is 0.375. The number of aryl methyl sites for hydroxylation is 1. The van der Waals surface area contributed by atoms with Crippen LogP contribution in [0.1, 0.15) is 47.0 Å². The molecular formula is C16H16F3N3O2. The number of hydrogen-bond acceptors (Lipinski definition) is 3. The molecule has 2 aromatic rings. The van der Waals surface area contributed by atoms with Crippen molar-refractivity contribution >= 4 is 11.8 Å². The number of hydrogen-bond donors (Lipinski definition) is 2. The molecule has 24 heavy (non-hydrogen) atoms. The summed E-state index contributed by atoms with van der Waals surface area (Å²) in [5, 5.41) is 15.5. The molecule has 0 aliphatic carbocycles. The highest BCUT2D eigenvalue weighted by Crippen LogP contribution is 2.43. The van der Waals surface area contributed by atoms with Gasteiger partial charge in [0.2, 0.25) is 0 Å². The van der Waals surface area contributed by atoms with Gasteiger partial charge in [-0.05, 0) is 17.5 Å². The number of alkyl halides is 3. The number of fused-ring (bicyclic) bond motifs is 1. The molecular weight excluding hydrogens is 323 g/mol. The van der Waals surface area contributed by atoms with E-state index in [4.69, 9.17) is 5.11 Å². The van der Waals surface area contributed by atoms with Crippen LogP contribution in [0.25, 0.3) is 0 Å². The number of aromatic nitrogens is 2. The van der Waals surface area contributed by atoms with E-state index in [0.717, 1.165) is 28.3 Å². The summed E-state index contributed by atoms with van der Waals surface area (Å²) in [6.45, 7) is 2.00. The molecule has 0 radical (unpaired) electrons. The maximum Gasteiger partial charge on any atom is 0.410 e. The standard InChI is InChI=1S/C16H16F3N3O2/c1-2-9-3-5-10(6-4-9)11-7-13(16(17,18)19)22-14(20-11)8-12(21-22)15(23)24/h3-6,8,11,13,20H,2,7H2,1H3,(H,23,24)/t11-,13-/m1/s1. The number of aromatic carboxylic acids is 1. The number of nitrogens with one attached hydrogen (secondary N) is 1. The topological polar surface area (TPSA) is 67.2 Å². The molecule has 2 atom stereocenters. The van der Waals surface area contributed by atoms with Crippen molar-refractivity contribution in [3.8, 4) is 0 Å².